The molecule has 1 aromatic carbocycles. The number of hydrogen-bond donors (Lipinski definition) is 1. The fourth-order valence-corrected chi connectivity index (χ4v) is 4.34. The van der Waals surface area contributed by atoms with Crippen molar-refractivity contribution in [1.82, 2.24) is 25.1 Å². The molecule has 0 radical (unpaired) electrons. The highest BCUT2D eigenvalue weighted by molar-refractivity contribution is 5.85. The Morgan fingerprint density at radius 3 is 2.75 bits per heavy atom. The molecule has 4 rings (SSSR count). The Bertz CT molecular complexity index is 834. The predicted molar refractivity (Wildman–Crippen MR) is 95.7 cm³/mol. The smallest absolute Gasteiger partial charge is 0.387 e. The number of carboxylic acid groups (broad SMARTS) is 1. The van der Waals surface area contributed by atoms with Gasteiger partial charge < -0.3 is 9.84 Å². The number of tetrazole rings is 1. The Morgan fingerprint density at radius 2 is 2.11 bits per heavy atom. The van der Waals surface area contributed by atoms with Crippen LogP contribution in [-0.2, 0) is 11.3 Å². The summed E-state index contributed by atoms with van der Waals surface area (Å²) in [5, 5.41) is 21.4. The van der Waals surface area contributed by atoms with Crippen molar-refractivity contribution in [3.8, 4) is 11.4 Å². The first-order valence-electron chi connectivity index (χ1n) is 8.76. The van der Waals surface area contributed by atoms with E-state index in [9.17, 15) is 18.7 Å². The average Bonchev–Trinajstić information content (AvgIpc) is 3.30. The zero-order chi connectivity index (χ0) is 19.0. The first-order valence-corrected chi connectivity index (χ1v) is 8.76. The normalized spacial score (nSPS) is 24.2. The molecule has 0 amide bonds. The average molecular weight is 416 g/mol. The maximum atomic E-state index is 12.3. The number of ether oxygens (including phenoxy) is 1. The number of alkyl halides is 2. The van der Waals surface area contributed by atoms with Crippen LogP contribution >= 0.6 is 12.4 Å². The van der Waals surface area contributed by atoms with Crippen LogP contribution in [0.15, 0.2) is 24.3 Å². The second kappa shape index (κ2) is 7.96. The van der Waals surface area contributed by atoms with E-state index in [1.54, 1.807) is 12.1 Å². The highest BCUT2D eigenvalue weighted by Gasteiger charge is 2.54. The highest BCUT2D eigenvalue weighted by atomic mass is 35.5. The van der Waals surface area contributed by atoms with Gasteiger partial charge in [-0.2, -0.15) is 13.5 Å². The maximum Gasteiger partial charge on any atom is 0.387 e. The monoisotopic (exact) mass is 415 g/mol. The minimum Gasteiger partial charge on any atom is -0.481 e. The lowest BCUT2D eigenvalue weighted by atomic mass is 9.81. The minimum atomic E-state index is -2.88. The molecule has 2 aliphatic rings. The van der Waals surface area contributed by atoms with Gasteiger partial charge in [0.25, 0.3) is 0 Å². The second-order valence-corrected chi connectivity index (χ2v) is 7.10. The number of fused-ring (bicyclic) bond motifs is 1. The van der Waals surface area contributed by atoms with Crippen LogP contribution in [0.5, 0.6) is 5.75 Å². The van der Waals surface area contributed by atoms with Gasteiger partial charge in [-0.05, 0) is 53.5 Å². The third-order valence-electron chi connectivity index (χ3n) is 5.57. The SMILES string of the molecule is Cl.O=C(O)[C@@]12CCC[C@H]1CN(Cc1nnnn1-c1ccc(OC(F)F)cc1)C2. The van der Waals surface area contributed by atoms with Gasteiger partial charge in [0.15, 0.2) is 5.82 Å². The predicted octanol–water partition coefficient (Wildman–Crippen LogP) is 2.37. The topological polar surface area (TPSA) is 93.4 Å². The van der Waals surface area contributed by atoms with Crippen molar-refractivity contribution in [2.75, 3.05) is 13.1 Å². The van der Waals surface area contributed by atoms with E-state index in [0.29, 0.717) is 37.6 Å². The number of carbonyl (C=O) groups is 1. The molecule has 11 heteroatoms. The van der Waals surface area contributed by atoms with Crippen LogP contribution in [0.1, 0.15) is 25.1 Å². The third-order valence-corrected chi connectivity index (χ3v) is 5.57. The van der Waals surface area contributed by atoms with E-state index in [0.717, 1.165) is 12.8 Å². The summed E-state index contributed by atoms with van der Waals surface area (Å²) in [6.45, 7) is -1.26. The third kappa shape index (κ3) is 3.66. The van der Waals surface area contributed by atoms with Crippen molar-refractivity contribution >= 4 is 18.4 Å². The quantitative estimate of drug-likeness (QED) is 0.774. The second-order valence-electron chi connectivity index (χ2n) is 7.10. The van der Waals surface area contributed by atoms with E-state index in [4.69, 9.17) is 0 Å². The minimum absolute atomic E-state index is 0. The van der Waals surface area contributed by atoms with Crippen LogP contribution in [-0.4, -0.2) is 55.9 Å². The molecule has 2 aromatic rings. The summed E-state index contributed by atoms with van der Waals surface area (Å²) in [4.78, 5) is 13.9. The summed E-state index contributed by atoms with van der Waals surface area (Å²) < 4.78 is 30.4. The molecule has 1 saturated heterocycles. The molecule has 0 bridgehead atoms. The van der Waals surface area contributed by atoms with Crippen LogP contribution in [0.3, 0.4) is 0 Å². The van der Waals surface area contributed by atoms with Gasteiger partial charge in [-0.25, -0.2) is 0 Å². The highest BCUT2D eigenvalue weighted by Crippen LogP contribution is 2.49. The van der Waals surface area contributed by atoms with Gasteiger partial charge in [0.1, 0.15) is 5.75 Å². The van der Waals surface area contributed by atoms with Crippen LogP contribution in [0.2, 0.25) is 0 Å². The lowest BCUT2D eigenvalue weighted by Gasteiger charge is -2.23. The number of halogens is 3. The fraction of sp³-hybridized carbons (Fsp3) is 0.529. The van der Waals surface area contributed by atoms with Crippen LogP contribution < -0.4 is 4.74 Å². The summed E-state index contributed by atoms with van der Waals surface area (Å²) in [5.74, 6) is 0.0593. The molecule has 1 N–H and O–H groups in total. The molecule has 2 fully saturated rings. The molecule has 1 aromatic heterocycles. The van der Waals surface area contributed by atoms with E-state index in [2.05, 4.69) is 25.2 Å². The van der Waals surface area contributed by atoms with E-state index in [1.165, 1.54) is 16.8 Å². The molecule has 0 unspecified atom stereocenters. The van der Waals surface area contributed by atoms with Gasteiger partial charge in [-0.1, -0.05) is 6.42 Å². The Morgan fingerprint density at radius 1 is 1.36 bits per heavy atom. The zero-order valence-electron chi connectivity index (χ0n) is 14.9. The van der Waals surface area contributed by atoms with Gasteiger partial charge in [0, 0.05) is 13.1 Å². The van der Waals surface area contributed by atoms with Crippen LogP contribution in [0, 0.1) is 11.3 Å². The number of rotatable bonds is 6. The molecular formula is C17H20ClF2N5O3. The molecule has 1 saturated carbocycles. The Labute approximate surface area is 165 Å². The molecule has 1 aliphatic carbocycles. The number of aromatic nitrogens is 4. The van der Waals surface area contributed by atoms with Gasteiger partial charge in [0.2, 0.25) is 0 Å². The summed E-state index contributed by atoms with van der Waals surface area (Å²) in [5.41, 5.74) is -0.0454. The summed E-state index contributed by atoms with van der Waals surface area (Å²) in [6.07, 6.45) is 2.59. The van der Waals surface area contributed by atoms with E-state index in [1.807, 2.05) is 0 Å². The van der Waals surface area contributed by atoms with Crippen LogP contribution in [0.25, 0.3) is 5.69 Å². The molecule has 0 spiro atoms. The molecule has 1 aliphatic heterocycles. The molecule has 152 valence electrons. The van der Waals surface area contributed by atoms with E-state index >= 15 is 0 Å². The standard InChI is InChI=1S/C17H19F2N5O3.ClH/c18-16(19)27-13-5-3-12(4-6-13)24-14(20-21-22-24)9-23-8-11-2-1-7-17(11,10-23)15(25)26;/h3-6,11,16H,1-2,7-10H2,(H,25,26);1H/t11-,17+;/m0./s1. The lowest BCUT2D eigenvalue weighted by Crippen LogP contribution is -2.35. The Kier molecular flexibility index (Phi) is 5.80. The van der Waals surface area contributed by atoms with Crippen molar-refractivity contribution in [1.29, 1.82) is 0 Å². The lowest BCUT2D eigenvalue weighted by molar-refractivity contribution is -0.149. The maximum absolute atomic E-state index is 12.3. The van der Waals surface area contributed by atoms with Crippen molar-refractivity contribution < 1.29 is 23.4 Å². The molecule has 28 heavy (non-hydrogen) atoms. The zero-order valence-corrected chi connectivity index (χ0v) is 15.7. The molecule has 2 heterocycles. The summed E-state index contributed by atoms with van der Waals surface area (Å²) in [7, 11) is 0. The Balaban J connectivity index is 0.00000225. The van der Waals surface area contributed by atoms with Gasteiger partial charge in [-0.15, -0.1) is 17.5 Å². The van der Waals surface area contributed by atoms with Crippen LogP contribution in [0.4, 0.5) is 8.78 Å². The van der Waals surface area contributed by atoms with Crippen molar-refractivity contribution in [2.24, 2.45) is 11.3 Å². The van der Waals surface area contributed by atoms with Crippen molar-refractivity contribution in [3.63, 3.8) is 0 Å². The molecule has 8 nitrogen and oxygen atoms in total. The van der Waals surface area contributed by atoms with Crippen molar-refractivity contribution in [3.05, 3.63) is 30.1 Å². The number of nitrogens with zero attached hydrogens (tertiary/aromatic N) is 5. The summed E-state index contributed by atoms with van der Waals surface area (Å²) >= 11 is 0. The number of hydrogen-bond acceptors (Lipinski definition) is 6. The number of carboxylic acids is 1. The number of aliphatic carboxylic acids is 1. The molecule has 2 atom stereocenters. The summed E-state index contributed by atoms with van der Waals surface area (Å²) in [6, 6.07) is 6.03. The largest absolute Gasteiger partial charge is 0.481 e. The fourth-order valence-electron chi connectivity index (χ4n) is 4.34. The first-order chi connectivity index (χ1) is 13.0. The number of likely N-dealkylation sites (tertiary alicyclic amines) is 1. The van der Waals surface area contributed by atoms with Gasteiger partial charge in [0.05, 0.1) is 17.6 Å². The molecular weight excluding hydrogens is 396 g/mol. The van der Waals surface area contributed by atoms with E-state index < -0.39 is 18.0 Å². The number of benzene rings is 1. The van der Waals surface area contributed by atoms with E-state index in [-0.39, 0.29) is 24.1 Å². The van der Waals surface area contributed by atoms with Crippen molar-refractivity contribution in [2.45, 2.75) is 32.4 Å². The first kappa shape index (κ1) is 20.4. The van der Waals surface area contributed by atoms with Gasteiger partial charge >= 0.3 is 12.6 Å². The van der Waals surface area contributed by atoms with Gasteiger partial charge in [-0.3, -0.25) is 9.69 Å². The Hall–Kier alpha value is -2.33.